The molecule has 1 atom stereocenters. The summed E-state index contributed by atoms with van der Waals surface area (Å²) in [6.45, 7) is 0. The Morgan fingerprint density at radius 3 is 2.95 bits per heavy atom. The van der Waals surface area contributed by atoms with Crippen LogP contribution in [0.2, 0.25) is 0 Å². The zero-order chi connectivity index (χ0) is 14.1. The molecule has 1 unspecified atom stereocenters. The Morgan fingerprint density at radius 1 is 1.30 bits per heavy atom. The molecule has 1 aliphatic rings. The molecule has 6 heteroatoms. The van der Waals surface area contributed by atoms with Gasteiger partial charge in [-0.15, -0.1) is 11.8 Å². The van der Waals surface area contributed by atoms with Crippen molar-refractivity contribution in [3.05, 3.63) is 42.1 Å². The standard InChI is InChI=1S/C14H12N2O3S/c17-13(16-8-20-7-12(16)14(18)19)10-3-1-5-11-9(10)4-2-6-15-11/h1-6,12H,7-8H2,(H,18,19). The van der Waals surface area contributed by atoms with Crippen molar-refractivity contribution in [1.82, 2.24) is 9.88 Å². The summed E-state index contributed by atoms with van der Waals surface area (Å²) in [4.78, 5) is 29.4. The number of carbonyl (C=O) groups excluding carboxylic acids is 1. The molecule has 102 valence electrons. The van der Waals surface area contributed by atoms with Crippen molar-refractivity contribution >= 4 is 34.5 Å². The first-order valence-corrected chi connectivity index (χ1v) is 7.29. The predicted octanol–water partition coefficient (Wildman–Crippen LogP) is 1.83. The summed E-state index contributed by atoms with van der Waals surface area (Å²) >= 11 is 1.46. The van der Waals surface area contributed by atoms with Gasteiger partial charge in [-0.25, -0.2) is 4.79 Å². The van der Waals surface area contributed by atoms with Crippen LogP contribution in [0.4, 0.5) is 0 Å². The highest BCUT2D eigenvalue weighted by Crippen LogP contribution is 2.26. The minimum absolute atomic E-state index is 0.249. The average molecular weight is 288 g/mol. The maximum Gasteiger partial charge on any atom is 0.327 e. The van der Waals surface area contributed by atoms with Gasteiger partial charge in [0.05, 0.1) is 11.4 Å². The Morgan fingerprint density at radius 2 is 2.15 bits per heavy atom. The Kier molecular flexibility index (Phi) is 3.31. The number of aromatic nitrogens is 1. The van der Waals surface area contributed by atoms with Crippen LogP contribution < -0.4 is 0 Å². The van der Waals surface area contributed by atoms with Crippen molar-refractivity contribution in [3.63, 3.8) is 0 Å². The number of carbonyl (C=O) groups is 2. The highest BCUT2D eigenvalue weighted by molar-refractivity contribution is 7.99. The lowest BCUT2D eigenvalue weighted by Crippen LogP contribution is -2.41. The van der Waals surface area contributed by atoms with Crippen LogP contribution in [-0.2, 0) is 4.79 Å². The van der Waals surface area contributed by atoms with Crippen LogP contribution in [0.5, 0.6) is 0 Å². The zero-order valence-electron chi connectivity index (χ0n) is 10.5. The van der Waals surface area contributed by atoms with Gasteiger partial charge in [-0.1, -0.05) is 12.1 Å². The lowest BCUT2D eigenvalue weighted by atomic mass is 10.1. The van der Waals surface area contributed by atoms with E-state index in [-0.39, 0.29) is 5.91 Å². The number of carboxylic acids is 1. The van der Waals surface area contributed by atoms with Crippen molar-refractivity contribution in [2.75, 3.05) is 11.6 Å². The van der Waals surface area contributed by atoms with Gasteiger partial charge in [0.15, 0.2) is 0 Å². The summed E-state index contributed by atoms with van der Waals surface area (Å²) in [6, 6.07) is 8.16. The van der Waals surface area contributed by atoms with Crippen molar-refractivity contribution in [1.29, 1.82) is 0 Å². The van der Waals surface area contributed by atoms with E-state index < -0.39 is 12.0 Å². The number of fused-ring (bicyclic) bond motifs is 1. The monoisotopic (exact) mass is 288 g/mol. The molecule has 3 rings (SSSR count). The molecule has 1 aliphatic heterocycles. The quantitative estimate of drug-likeness (QED) is 0.913. The van der Waals surface area contributed by atoms with E-state index in [9.17, 15) is 14.7 Å². The van der Waals surface area contributed by atoms with E-state index in [2.05, 4.69) is 4.98 Å². The van der Waals surface area contributed by atoms with Crippen molar-refractivity contribution < 1.29 is 14.7 Å². The molecular weight excluding hydrogens is 276 g/mol. The SMILES string of the molecule is O=C(O)C1CSCN1C(=O)c1cccc2ncccc12. The Balaban J connectivity index is 2.03. The van der Waals surface area contributed by atoms with Crippen LogP contribution in [-0.4, -0.2) is 44.5 Å². The summed E-state index contributed by atoms with van der Waals surface area (Å²) in [5.41, 5.74) is 1.24. The highest BCUT2D eigenvalue weighted by Gasteiger charge is 2.35. The van der Waals surface area contributed by atoms with Gasteiger partial charge in [0, 0.05) is 22.9 Å². The van der Waals surface area contributed by atoms with Crippen LogP contribution >= 0.6 is 11.8 Å². The third-order valence-electron chi connectivity index (χ3n) is 3.30. The first kappa shape index (κ1) is 12.9. The summed E-state index contributed by atoms with van der Waals surface area (Å²) < 4.78 is 0. The second-order valence-corrected chi connectivity index (χ2v) is 5.50. The molecule has 0 spiro atoms. The molecule has 20 heavy (non-hydrogen) atoms. The molecule has 0 aliphatic carbocycles. The molecule has 1 aromatic heterocycles. The number of amides is 1. The smallest absolute Gasteiger partial charge is 0.327 e. The fourth-order valence-corrected chi connectivity index (χ4v) is 3.44. The number of nitrogens with zero attached hydrogens (tertiary/aromatic N) is 2. The molecule has 1 N–H and O–H groups in total. The fourth-order valence-electron chi connectivity index (χ4n) is 2.29. The summed E-state index contributed by atoms with van der Waals surface area (Å²) in [6.07, 6.45) is 1.67. The molecule has 0 radical (unpaired) electrons. The number of pyridine rings is 1. The molecule has 2 heterocycles. The van der Waals surface area contributed by atoms with E-state index in [1.807, 2.05) is 12.1 Å². The van der Waals surface area contributed by atoms with E-state index in [1.165, 1.54) is 16.7 Å². The number of hydrogen-bond donors (Lipinski definition) is 1. The number of aliphatic carboxylic acids is 1. The molecule has 1 saturated heterocycles. The minimum Gasteiger partial charge on any atom is -0.480 e. The first-order valence-electron chi connectivity index (χ1n) is 6.14. The van der Waals surface area contributed by atoms with Crippen LogP contribution in [0, 0.1) is 0 Å². The van der Waals surface area contributed by atoms with Crippen LogP contribution in [0.15, 0.2) is 36.5 Å². The van der Waals surface area contributed by atoms with Gasteiger partial charge in [0.1, 0.15) is 6.04 Å². The Bertz CT molecular complexity index is 684. The van der Waals surface area contributed by atoms with Gasteiger partial charge >= 0.3 is 5.97 Å². The lowest BCUT2D eigenvalue weighted by Gasteiger charge is -2.21. The number of benzene rings is 1. The van der Waals surface area contributed by atoms with Gasteiger partial charge in [0.2, 0.25) is 0 Å². The predicted molar refractivity (Wildman–Crippen MR) is 76.7 cm³/mol. The van der Waals surface area contributed by atoms with Gasteiger partial charge in [-0.3, -0.25) is 9.78 Å². The molecule has 2 aromatic rings. The molecule has 0 saturated carbocycles. The van der Waals surface area contributed by atoms with E-state index in [4.69, 9.17) is 0 Å². The third-order valence-corrected chi connectivity index (χ3v) is 4.32. The van der Waals surface area contributed by atoms with E-state index in [1.54, 1.807) is 24.4 Å². The fraction of sp³-hybridized carbons (Fsp3) is 0.214. The van der Waals surface area contributed by atoms with Gasteiger partial charge in [-0.05, 0) is 18.2 Å². The number of rotatable bonds is 2. The van der Waals surface area contributed by atoms with E-state index >= 15 is 0 Å². The molecule has 1 aromatic carbocycles. The minimum atomic E-state index is -0.957. The number of thioether (sulfide) groups is 1. The normalized spacial score (nSPS) is 18.4. The van der Waals surface area contributed by atoms with Crippen molar-refractivity contribution in [2.45, 2.75) is 6.04 Å². The molecule has 5 nitrogen and oxygen atoms in total. The second kappa shape index (κ2) is 5.13. The lowest BCUT2D eigenvalue weighted by molar-refractivity contribution is -0.140. The number of carboxylic acid groups (broad SMARTS) is 1. The molecule has 1 amide bonds. The summed E-state index contributed by atoms with van der Waals surface area (Å²) in [7, 11) is 0. The van der Waals surface area contributed by atoms with Crippen molar-refractivity contribution in [3.8, 4) is 0 Å². The third kappa shape index (κ3) is 2.12. The first-order chi connectivity index (χ1) is 9.68. The maximum atomic E-state index is 12.6. The Labute approximate surface area is 119 Å². The van der Waals surface area contributed by atoms with Gasteiger partial charge in [-0.2, -0.15) is 0 Å². The van der Waals surface area contributed by atoms with E-state index in [0.717, 1.165) is 10.9 Å². The second-order valence-electron chi connectivity index (χ2n) is 4.50. The van der Waals surface area contributed by atoms with Crippen LogP contribution in [0.3, 0.4) is 0 Å². The van der Waals surface area contributed by atoms with Gasteiger partial charge in [0.25, 0.3) is 5.91 Å². The molecular formula is C14H12N2O3S. The van der Waals surface area contributed by atoms with Crippen molar-refractivity contribution in [2.24, 2.45) is 0 Å². The number of hydrogen-bond acceptors (Lipinski definition) is 4. The largest absolute Gasteiger partial charge is 0.480 e. The van der Waals surface area contributed by atoms with Crippen LogP contribution in [0.25, 0.3) is 10.9 Å². The summed E-state index contributed by atoms with van der Waals surface area (Å²) in [5, 5.41) is 9.92. The molecule has 1 fully saturated rings. The zero-order valence-corrected chi connectivity index (χ0v) is 11.3. The maximum absolute atomic E-state index is 12.6. The highest BCUT2D eigenvalue weighted by atomic mass is 32.2. The van der Waals surface area contributed by atoms with Crippen LogP contribution in [0.1, 0.15) is 10.4 Å². The summed E-state index contributed by atoms with van der Waals surface area (Å²) in [5.74, 6) is -0.362. The molecule has 0 bridgehead atoms. The average Bonchev–Trinajstić information content (AvgIpc) is 2.95. The van der Waals surface area contributed by atoms with E-state index in [0.29, 0.717) is 17.2 Å². The Hall–Kier alpha value is -2.08. The topological polar surface area (TPSA) is 70.5 Å². The van der Waals surface area contributed by atoms with Gasteiger partial charge < -0.3 is 10.0 Å².